The lowest BCUT2D eigenvalue weighted by Crippen LogP contribution is -2.43. The van der Waals surface area contributed by atoms with E-state index in [9.17, 15) is 19.3 Å². The quantitative estimate of drug-likeness (QED) is 0.674. The molecule has 1 unspecified atom stereocenters. The highest BCUT2D eigenvalue weighted by Crippen LogP contribution is 2.25. The number of rotatable bonds is 5. The minimum Gasteiger partial charge on any atom is -0.343 e. The summed E-state index contributed by atoms with van der Waals surface area (Å²) in [7, 11) is 0. The SMILES string of the molecule is CCC(C)(NC(=O)c1ccc([N+](=O)[O-])cc1F)c1ccccc1. The van der Waals surface area contributed by atoms with E-state index < -0.39 is 22.2 Å². The number of nitrogens with zero attached hydrogens (tertiary/aromatic N) is 1. The zero-order valence-corrected chi connectivity index (χ0v) is 12.9. The number of nitrogens with one attached hydrogen (secondary N) is 1. The first-order chi connectivity index (χ1) is 10.9. The lowest BCUT2D eigenvalue weighted by atomic mass is 9.89. The monoisotopic (exact) mass is 316 g/mol. The number of carbonyl (C=O) groups excluding carboxylic acids is 1. The van der Waals surface area contributed by atoms with Crippen molar-refractivity contribution in [2.75, 3.05) is 0 Å². The van der Waals surface area contributed by atoms with E-state index >= 15 is 0 Å². The lowest BCUT2D eigenvalue weighted by Gasteiger charge is -2.30. The van der Waals surface area contributed by atoms with E-state index in [1.807, 2.05) is 44.2 Å². The fourth-order valence-corrected chi connectivity index (χ4v) is 2.29. The minimum atomic E-state index is -0.914. The Morgan fingerprint density at radius 2 is 1.91 bits per heavy atom. The molecule has 0 saturated carbocycles. The average molecular weight is 316 g/mol. The normalized spacial score (nSPS) is 13.2. The fraction of sp³-hybridized carbons (Fsp3) is 0.235. The first-order valence-corrected chi connectivity index (χ1v) is 7.19. The van der Waals surface area contributed by atoms with E-state index in [-0.39, 0.29) is 11.3 Å². The molecule has 23 heavy (non-hydrogen) atoms. The number of benzene rings is 2. The van der Waals surface area contributed by atoms with Crippen molar-refractivity contribution in [2.24, 2.45) is 0 Å². The van der Waals surface area contributed by atoms with Gasteiger partial charge in [-0.2, -0.15) is 0 Å². The van der Waals surface area contributed by atoms with Crippen LogP contribution in [0.4, 0.5) is 10.1 Å². The Balaban J connectivity index is 2.29. The van der Waals surface area contributed by atoms with Crippen LogP contribution in [0.3, 0.4) is 0 Å². The number of nitro benzene ring substituents is 1. The van der Waals surface area contributed by atoms with Gasteiger partial charge in [0.25, 0.3) is 11.6 Å². The highest BCUT2D eigenvalue weighted by atomic mass is 19.1. The molecule has 2 aromatic rings. The van der Waals surface area contributed by atoms with Crippen LogP contribution in [0.25, 0.3) is 0 Å². The Hall–Kier alpha value is -2.76. The van der Waals surface area contributed by atoms with Crippen LogP contribution >= 0.6 is 0 Å². The second kappa shape index (κ2) is 6.56. The van der Waals surface area contributed by atoms with Gasteiger partial charge in [-0.1, -0.05) is 37.3 Å². The highest BCUT2D eigenvalue weighted by molar-refractivity contribution is 5.95. The molecule has 6 heteroatoms. The van der Waals surface area contributed by atoms with E-state index in [2.05, 4.69) is 5.32 Å². The molecule has 2 rings (SSSR count). The maximum atomic E-state index is 14.0. The number of carbonyl (C=O) groups is 1. The molecule has 0 fully saturated rings. The molecule has 1 amide bonds. The molecule has 1 atom stereocenters. The van der Waals surface area contributed by atoms with Crippen LogP contribution in [0.15, 0.2) is 48.5 Å². The van der Waals surface area contributed by atoms with Gasteiger partial charge in [-0.05, 0) is 25.0 Å². The first-order valence-electron chi connectivity index (χ1n) is 7.19. The zero-order chi connectivity index (χ0) is 17.0. The standard InChI is InChI=1S/C17H17FN2O3/c1-3-17(2,12-7-5-4-6-8-12)19-16(21)14-10-9-13(20(22)23)11-15(14)18/h4-11H,3H2,1-2H3,(H,19,21). The molecule has 2 aromatic carbocycles. The Morgan fingerprint density at radius 1 is 1.26 bits per heavy atom. The molecular weight excluding hydrogens is 299 g/mol. The molecule has 0 aromatic heterocycles. The molecule has 0 spiro atoms. The number of halogens is 1. The van der Waals surface area contributed by atoms with Gasteiger partial charge < -0.3 is 5.32 Å². The molecule has 0 saturated heterocycles. The largest absolute Gasteiger partial charge is 0.343 e. The predicted molar refractivity (Wildman–Crippen MR) is 84.6 cm³/mol. The summed E-state index contributed by atoms with van der Waals surface area (Å²) in [5.41, 5.74) is -0.364. The smallest absolute Gasteiger partial charge is 0.272 e. The van der Waals surface area contributed by atoms with Crippen molar-refractivity contribution in [1.82, 2.24) is 5.32 Å². The van der Waals surface area contributed by atoms with Crippen molar-refractivity contribution in [3.63, 3.8) is 0 Å². The molecule has 0 bridgehead atoms. The number of non-ortho nitro benzene ring substituents is 1. The maximum absolute atomic E-state index is 14.0. The van der Waals surface area contributed by atoms with Crippen LogP contribution in [-0.2, 0) is 5.54 Å². The van der Waals surface area contributed by atoms with Crippen molar-refractivity contribution >= 4 is 11.6 Å². The van der Waals surface area contributed by atoms with E-state index in [1.165, 1.54) is 0 Å². The number of hydrogen-bond acceptors (Lipinski definition) is 3. The second-order valence-electron chi connectivity index (χ2n) is 5.43. The van der Waals surface area contributed by atoms with Crippen molar-refractivity contribution in [3.05, 3.63) is 75.6 Å². The third-order valence-corrected chi connectivity index (χ3v) is 3.92. The van der Waals surface area contributed by atoms with Gasteiger partial charge in [-0.25, -0.2) is 4.39 Å². The summed E-state index contributed by atoms with van der Waals surface area (Å²) in [6, 6.07) is 12.4. The third-order valence-electron chi connectivity index (χ3n) is 3.92. The molecule has 0 aliphatic carbocycles. The average Bonchev–Trinajstić information content (AvgIpc) is 2.55. The molecule has 0 heterocycles. The van der Waals surface area contributed by atoms with Gasteiger partial charge in [0, 0.05) is 6.07 Å². The van der Waals surface area contributed by atoms with E-state index in [0.717, 1.165) is 23.8 Å². The van der Waals surface area contributed by atoms with E-state index in [1.54, 1.807) is 0 Å². The summed E-state index contributed by atoms with van der Waals surface area (Å²) in [5, 5.41) is 13.4. The number of hydrogen-bond donors (Lipinski definition) is 1. The zero-order valence-electron chi connectivity index (χ0n) is 12.9. The van der Waals surface area contributed by atoms with Crippen molar-refractivity contribution in [2.45, 2.75) is 25.8 Å². The van der Waals surface area contributed by atoms with Crippen molar-refractivity contribution < 1.29 is 14.1 Å². The third kappa shape index (κ3) is 3.53. The topological polar surface area (TPSA) is 72.2 Å². The summed E-state index contributed by atoms with van der Waals surface area (Å²) in [4.78, 5) is 22.3. The summed E-state index contributed by atoms with van der Waals surface area (Å²) in [6.07, 6.45) is 0.608. The summed E-state index contributed by atoms with van der Waals surface area (Å²) < 4.78 is 14.0. The predicted octanol–water partition coefficient (Wildman–Crippen LogP) is 3.79. The summed E-state index contributed by atoms with van der Waals surface area (Å²) in [5.74, 6) is -1.52. The number of nitro groups is 1. The van der Waals surface area contributed by atoms with Gasteiger partial charge in [0.2, 0.25) is 0 Å². The van der Waals surface area contributed by atoms with Crippen LogP contribution in [0.2, 0.25) is 0 Å². The molecule has 5 nitrogen and oxygen atoms in total. The minimum absolute atomic E-state index is 0.216. The molecular formula is C17H17FN2O3. The van der Waals surface area contributed by atoms with Gasteiger partial charge in [0.1, 0.15) is 5.82 Å². The van der Waals surface area contributed by atoms with Gasteiger partial charge in [0.05, 0.1) is 22.1 Å². The Bertz CT molecular complexity index is 734. The van der Waals surface area contributed by atoms with Crippen molar-refractivity contribution in [1.29, 1.82) is 0 Å². The Kier molecular flexibility index (Phi) is 4.74. The highest BCUT2D eigenvalue weighted by Gasteiger charge is 2.28. The molecule has 120 valence electrons. The fourth-order valence-electron chi connectivity index (χ4n) is 2.29. The second-order valence-corrected chi connectivity index (χ2v) is 5.43. The van der Waals surface area contributed by atoms with Gasteiger partial charge >= 0.3 is 0 Å². The van der Waals surface area contributed by atoms with Crippen molar-refractivity contribution in [3.8, 4) is 0 Å². The van der Waals surface area contributed by atoms with E-state index in [4.69, 9.17) is 0 Å². The molecule has 0 radical (unpaired) electrons. The summed E-state index contributed by atoms with van der Waals surface area (Å²) in [6.45, 7) is 3.77. The molecule has 0 aliphatic rings. The first kappa shape index (κ1) is 16.6. The van der Waals surface area contributed by atoms with Crippen LogP contribution in [0, 0.1) is 15.9 Å². The Labute approximate surface area is 133 Å². The lowest BCUT2D eigenvalue weighted by molar-refractivity contribution is -0.385. The molecule has 0 aliphatic heterocycles. The number of amides is 1. The Morgan fingerprint density at radius 3 is 2.43 bits per heavy atom. The van der Waals surface area contributed by atoms with Crippen LogP contribution < -0.4 is 5.32 Å². The maximum Gasteiger partial charge on any atom is 0.272 e. The van der Waals surface area contributed by atoms with Crippen LogP contribution in [-0.4, -0.2) is 10.8 Å². The van der Waals surface area contributed by atoms with Crippen LogP contribution in [0.1, 0.15) is 36.2 Å². The van der Waals surface area contributed by atoms with Gasteiger partial charge in [-0.15, -0.1) is 0 Å². The van der Waals surface area contributed by atoms with Crippen LogP contribution in [0.5, 0.6) is 0 Å². The van der Waals surface area contributed by atoms with Gasteiger partial charge in [0.15, 0.2) is 0 Å². The van der Waals surface area contributed by atoms with Gasteiger partial charge in [-0.3, -0.25) is 14.9 Å². The summed E-state index contributed by atoms with van der Waals surface area (Å²) >= 11 is 0. The van der Waals surface area contributed by atoms with E-state index in [0.29, 0.717) is 6.42 Å². The molecule has 1 N–H and O–H groups in total.